The molecule has 0 aromatic heterocycles. The van der Waals surface area contributed by atoms with Crippen molar-refractivity contribution < 1.29 is 17.9 Å². The smallest absolute Gasteiger partial charge is 0.264 e. The van der Waals surface area contributed by atoms with Crippen molar-refractivity contribution >= 4 is 15.7 Å². The summed E-state index contributed by atoms with van der Waals surface area (Å²) < 4.78 is 39.0. The first kappa shape index (κ1) is 14.5. The molecule has 0 heterocycles. The number of hydrogen-bond donors (Lipinski definition) is 1. The van der Waals surface area contributed by atoms with E-state index >= 15 is 0 Å². The molecule has 1 N–H and O–H groups in total. The number of halogens is 1. The first-order valence-corrected chi connectivity index (χ1v) is 7.33. The second kappa shape index (κ2) is 5.60. The summed E-state index contributed by atoms with van der Waals surface area (Å²) in [7, 11) is -2.38. The fourth-order valence-electron chi connectivity index (χ4n) is 1.74. The van der Waals surface area contributed by atoms with Gasteiger partial charge in [0.2, 0.25) is 0 Å². The molecule has 106 valence electrons. The molecule has 0 bridgehead atoms. The highest BCUT2D eigenvalue weighted by molar-refractivity contribution is 7.92. The summed E-state index contributed by atoms with van der Waals surface area (Å²) in [5, 5.41) is 8.95. The van der Waals surface area contributed by atoms with Crippen LogP contribution in [0, 0.1) is 5.82 Å². The highest BCUT2D eigenvalue weighted by atomic mass is 32.2. The number of aliphatic hydroxyl groups excluding tert-OH is 1. The van der Waals surface area contributed by atoms with Crippen molar-refractivity contribution in [2.75, 3.05) is 11.4 Å². The van der Waals surface area contributed by atoms with Crippen molar-refractivity contribution in [1.82, 2.24) is 0 Å². The Morgan fingerprint density at radius 1 is 1.15 bits per heavy atom. The van der Waals surface area contributed by atoms with Gasteiger partial charge >= 0.3 is 0 Å². The molecule has 4 nitrogen and oxygen atoms in total. The Kier molecular flexibility index (Phi) is 4.06. The van der Waals surface area contributed by atoms with Crippen LogP contribution in [-0.4, -0.2) is 20.6 Å². The molecule has 0 aliphatic carbocycles. The van der Waals surface area contributed by atoms with E-state index in [4.69, 9.17) is 5.11 Å². The zero-order valence-corrected chi connectivity index (χ0v) is 11.6. The summed E-state index contributed by atoms with van der Waals surface area (Å²) in [5.74, 6) is -0.500. The maximum atomic E-state index is 13.2. The molecule has 0 radical (unpaired) electrons. The van der Waals surface area contributed by atoms with Crippen molar-refractivity contribution in [2.45, 2.75) is 11.5 Å². The largest absolute Gasteiger partial charge is 0.392 e. The fourth-order valence-corrected chi connectivity index (χ4v) is 2.92. The van der Waals surface area contributed by atoms with Crippen LogP contribution in [0.4, 0.5) is 10.1 Å². The summed E-state index contributed by atoms with van der Waals surface area (Å²) in [6.07, 6.45) is 0. The average Bonchev–Trinajstić information content (AvgIpc) is 2.46. The van der Waals surface area contributed by atoms with Crippen LogP contribution in [0.25, 0.3) is 0 Å². The molecule has 0 amide bonds. The molecular formula is C14H14FNO3S. The van der Waals surface area contributed by atoms with Gasteiger partial charge in [-0.2, -0.15) is 0 Å². The summed E-state index contributed by atoms with van der Waals surface area (Å²) >= 11 is 0. The van der Waals surface area contributed by atoms with Gasteiger partial charge in [-0.15, -0.1) is 0 Å². The van der Waals surface area contributed by atoms with Gasteiger partial charge in [-0.1, -0.05) is 18.2 Å². The topological polar surface area (TPSA) is 57.6 Å². The van der Waals surface area contributed by atoms with Crippen molar-refractivity contribution in [3.63, 3.8) is 0 Å². The van der Waals surface area contributed by atoms with Crippen LogP contribution in [0.2, 0.25) is 0 Å². The molecule has 0 fully saturated rings. The molecule has 0 saturated carbocycles. The minimum absolute atomic E-state index is 0.0847. The van der Waals surface area contributed by atoms with E-state index < -0.39 is 15.8 Å². The number of sulfonamides is 1. The van der Waals surface area contributed by atoms with Gasteiger partial charge in [0.05, 0.1) is 17.2 Å². The molecule has 20 heavy (non-hydrogen) atoms. The minimum Gasteiger partial charge on any atom is -0.392 e. The van der Waals surface area contributed by atoms with Crippen molar-refractivity contribution in [3.8, 4) is 0 Å². The lowest BCUT2D eigenvalue weighted by molar-refractivity contribution is 0.282. The maximum absolute atomic E-state index is 13.2. The van der Waals surface area contributed by atoms with E-state index in [1.807, 2.05) is 0 Å². The van der Waals surface area contributed by atoms with E-state index in [2.05, 4.69) is 0 Å². The Labute approximate surface area is 117 Å². The van der Waals surface area contributed by atoms with E-state index in [-0.39, 0.29) is 17.2 Å². The average molecular weight is 295 g/mol. The second-order valence-electron chi connectivity index (χ2n) is 4.25. The van der Waals surface area contributed by atoms with Crippen LogP contribution in [-0.2, 0) is 16.6 Å². The monoisotopic (exact) mass is 295 g/mol. The number of hydrogen-bond acceptors (Lipinski definition) is 3. The van der Waals surface area contributed by atoms with E-state index in [0.29, 0.717) is 5.56 Å². The number of aliphatic hydroxyl groups is 1. The van der Waals surface area contributed by atoms with Gasteiger partial charge in [0, 0.05) is 7.05 Å². The summed E-state index contributed by atoms with van der Waals surface area (Å²) in [6.45, 7) is -0.153. The van der Waals surface area contributed by atoms with Gasteiger partial charge in [-0.25, -0.2) is 12.8 Å². The van der Waals surface area contributed by atoms with Gasteiger partial charge in [-0.05, 0) is 35.9 Å². The normalized spacial score (nSPS) is 11.3. The third-order valence-electron chi connectivity index (χ3n) is 2.94. The molecule has 2 aromatic carbocycles. The fraction of sp³-hybridized carbons (Fsp3) is 0.143. The molecule has 2 aromatic rings. The van der Waals surface area contributed by atoms with Crippen LogP contribution in [0.15, 0.2) is 53.4 Å². The summed E-state index contributed by atoms with van der Waals surface area (Å²) in [4.78, 5) is 0.0847. The van der Waals surface area contributed by atoms with E-state index in [1.54, 1.807) is 0 Å². The lowest BCUT2D eigenvalue weighted by Gasteiger charge is -2.19. The zero-order chi connectivity index (χ0) is 14.8. The van der Waals surface area contributed by atoms with Crippen LogP contribution in [0.3, 0.4) is 0 Å². The number of anilines is 1. The Morgan fingerprint density at radius 3 is 2.35 bits per heavy atom. The quantitative estimate of drug-likeness (QED) is 0.940. The molecule has 0 aliphatic rings. The molecule has 0 spiro atoms. The van der Waals surface area contributed by atoms with Crippen molar-refractivity contribution in [2.24, 2.45) is 0 Å². The highest BCUT2D eigenvalue weighted by Crippen LogP contribution is 2.22. The molecule has 0 aliphatic heterocycles. The summed E-state index contributed by atoms with van der Waals surface area (Å²) in [5.41, 5.74) is 0.869. The van der Waals surface area contributed by atoms with Crippen molar-refractivity contribution in [1.29, 1.82) is 0 Å². The van der Waals surface area contributed by atoms with Gasteiger partial charge in [-0.3, -0.25) is 4.31 Å². The lowest BCUT2D eigenvalue weighted by atomic mass is 10.2. The third kappa shape index (κ3) is 2.81. The molecule has 2 rings (SSSR count). The van der Waals surface area contributed by atoms with E-state index in [9.17, 15) is 12.8 Å². The predicted octanol–water partition coefficient (Wildman–Crippen LogP) is 2.14. The lowest BCUT2D eigenvalue weighted by Crippen LogP contribution is -2.26. The summed E-state index contributed by atoms with van der Waals surface area (Å²) in [6, 6.07) is 11.3. The van der Waals surface area contributed by atoms with E-state index in [0.717, 1.165) is 10.4 Å². The first-order valence-electron chi connectivity index (χ1n) is 5.89. The third-order valence-corrected chi connectivity index (χ3v) is 4.74. The van der Waals surface area contributed by atoms with Crippen LogP contribution >= 0.6 is 0 Å². The molecule has 0 atom stereocenters. The number of rotatable bonds is 4. The molecule has 0 saturated heterocycles. The van der Waals surface area contributed by atoms with Gasteiger partial charge < -0.3 is 5.11 Å². The molecule has 0 unspecified atom stereocenters. The number of benzene rings is 2. The Bertz CT molecular complexity index is 699. The van der Waals surface area contributed by atoms with Crippen molar-refractivity contribution in [3.05, 3.63) is 59.9 Å². The second-order valence-corrected chi connectivity index (χ2v) is 6.22. The highest BCUT2D eigenvalue weighted by Gasteiger charge is 2.21. The Hall–Kier alpha value is -1.92. The Morgan fingerprint density at radius 2 is 1.80 bits per heavy atom. The van der Waals surface area contributed by atoms with Gasteiger partial charge in [0.25, 0.3) is 10.0 Å². The van der Waals surface area contributed by atoms with Crippen LogP contribution in [0.5, 0.6) is 0 Å². The van der Waals surface area contributed by atoms with Crippen LogP contribution in [0.1, 0.15) is 5.56 Å². The number of nitrogens with zero attached hydrogens (tertiary/aromatic N) is 1. The predicted molar refractivity (Wildman–Crippen MR) is 74.4 cm³/mol. The molecular weight excluding hydrogens is 281 g/mol. The van der Waals surface area contributed by atoms with Crippen LogP contribution < -0.4 is 4.31 Å². The standard InChI is InChI=1S/C14H14FNO3S/c1-16(13-4-2-3-12(15)9-13)20(18,19)14-7-5-11(10-17)6-8-14/h2-9,17H,10H2,1H3. The van der Waals surface area contributed by atoms with Gasteiger partial charge in [0.15, 0.2) is 0 Å². The molecule has 6 heteroatoms. The van der Waals surface area contributed by atoms with Gasteiger partial charge in [0.1, 0.15) is 5.82 Å². The minimum atomic E-state index is -3.75. The Balaban J connectivity index is 2.38. The van der Waals surface area contributed by atoms with E-state index in [1.165, 1.54) is 49.5 Å². The SMILES string of the molecule is CN(c1cccc(F)c1)S(=O)(=O)c1ccc(CO)cc1. The maximum Gasteiger partial charge on any atom is 0.264 e. The zero-order valence-electron chi connectivity index (χ0n) is 10.8. The first-order chi connectivity index (χ1) is 9.45.